The number of rotatable bonds is 0. The predicted molar refractivity (Wildman–Crippen MR) is 59.6 cm³/mol. The molecule has 0 aliphatic rings. The summed E-state index contributed by atoms with van der Waals surface area (Å²) in [5.74, 6) is 0. The van der Waals surface area contributed by atoms with Crippen LogP contribution in [0.3, 0.4) is 0 Å². The summed E-state index contributed by atoms with van der Waals surface area (Å²) in [6, 6.07) is 10.6. The van der Waals surface area contributed by atoms with E-state index in [9.17, 15) is 4.79 Å². The fraction of sp³-hybridized carbons (Fsp3) is 0. The molecule has 15 heavy (non-hydrogen) atoms. The molecule has 0 bridgehead atoms. The fourth-order valence-corrected chi connectivity index (χ4v) is 1.01. The lowest BCUT2D eigenvalue weighted by Crippen LogP contribution is -1.93. The van der Waals surface area contributed by atoms with Gasteiger partial charge in [-0.15, -0.1) is 0 Å². The molecule has 0 N–H and O–H groups in total. The molecule has 2 rings (SSSR count). The monoisotopic (exact) mass is 244 g/mol. The van der Waals surface area contributed by atoms with Crippen LogP contribution < -0.4 is 5.63 Å². The smallest absolute Gasteiger partial charge is 0.336 e. The molecule has 3 nitrogen and oxygen atoms in total. The average molecular weight is 245 g/mol. The van der Waals surface area contributed by atoms with Crippen molar-refractivity contribution in [2.75, 3.05) is 0 Å². The Bertz CT molecular complexity index is 515. The van der Waals surface area contributed by atoms with Crippen molar-refractivity contribution in [3.8, 4) is 0 Å². The van der Waals surface area contributed by atoms with E-state index in [-0.39, 0.29) is 5.63 Å². The van der Waals surface area contributed by atoms with Crippen LogP contribution >= 0.6 is 23.2 Å². The highest BCUT2D eigenvalue weighted by atomic mass is 35.5. The van der Waals surface area contributed by atoms with Crippen molar-refractivity contribution in [2.24, 2.45) is 0 Å². The van der Waals surface area contributed by atoms with Gasteiger partial charge in [0.05, 0.1) is 0 Å². The van der Waals surface area contributed by atoms with Crippen LogP contribution in [0.15, 0.2) is 45.6 Å². The quantitative estimate of drug-likeness (QED) is 0.528. The number of benzene rings is 1. The lowest BCUT2D eigenvalue weighted by molar-refractivity contribution is 0.275. The summed E-state index contributed by atoms with van der Waals surface area (Å²) in [6.45, 7) is 0. The van der Waals surface area contributed by atoms with Gasteiger partial charge >= 0.3 is 10.3 Å². The van der Waals surface area contributed by atoms with E-state index in [1.165, 1.54) is 6.07 Å². The van der Waals surface area contributed by atoms with Gasteiger partial charge in [-0.05, 0) is 35.3 Å². The standard InChI is InChI=1S/C9H6O2.CCl2O/c10-9-6-5-7-3-1-2-4-8(7)11-9;2-1(3)4/h1-6H;. The van der Waals surface area contributed by atoms with Crippen molar-refractivity contribution in [1.82, 2.24) is 0 Å². The molecule has 0 fully saturated rings. The molecule has 0 aliphatic carbocycles. The third-order valence-electron chi connectivity index (χ3n) is 1.53. The van der Waals surface area contributed by atoms with E-state index in [1.54, 1.807) is 12.1 Å². The van der Waals surface area contributed by atoms with Gasteiger partial charge in [-0.3, -0.25) is 4.79 Å². The molecular weight excluding hydrogens is 239 g/mol. The highest BCUT2D eigenvalue weighted by Gasteiger charge is 1.92. The summed E-state index contributed by atoms with van der Waals surface area (Å²) >= 11 is 8.80. The van der Waals surface area contributed by atoms with Gasteiger partial charge in [0.25, 0.3) is 0 Å². The van der Waals surface area contributed by atoms with Gasteiger partial charge < -0.3 is 4.42 Å². The predicted octanol–water partition coefficient (Wildman–Crippen LogP) is 3.38. The SMILES string of the molecule is O=C(Cl)Cl.O=c1ccc2ccccc2o1. The van der Waals surface area contributed by atoms with Gasteiger partial charge in [0, 0.05) is 11.5 Å². The van der Waals surface area contributed by atoms with Crippen LogP contribution in [0.4, 0.5) is 4.79 Å². The van der Waals surface area contributed by atoms with Crippen molar-refractivity contribution in [1.29, 1.82) is 0 Å². The average Bonchev–Trinajstić information content (AvgIpc) is 2.16. The first-order valence-corrected chi connectivity index (χ1v) is 4.69. The molecule has 5 heteroatoms. The van der Waals surface area contributed by atoms with E-state index >= 15 is 0 Å². The number of fused-ring (bicyclic) bond motifs is 1. The Morgan fingerprint density at radius 1 is 1.07 bits per heavy atom. The number of halogens is 2. The first-order valence-electron chi connectivity index (χ1n) is 3.93. The van der Waals surface area contributed by atoms with Crippen molar-refractivity contribution in [3.63, 3.8) is 0 Å². The minimum absolute atomic E-state index is 0.302. The van der Waals surface area contributed by atoms with Gasteiger partial charge in [0.1, 0.15) is 5.58 Å². The molecule has 0 amide bonds. The Balaban J connectivity index is 0.000000245. The largest absolute Gasteiger partial charge is 0.423 e. The van der Waals surface area contributed by atoms with Gasteiger partial charge in [-0.2, -0.15) is 0 Å². The van der Waals surface area contributed by atoms with Crippen LogP contribution in [0.25, 0.3) is 11.0 Å². The fourth-order valence-electron chi connectivity index (χ4n) is 1.01. The van der Waals surface area contributed by atoms with E-state index in [2.05, 4.69) is 23.2 Å². The zero-order valence-electron chi connectivity index (χ0n) is 7.44. The Labute approximate surface area is 95.2 Å². The summed E-state index contributed by atoms with van der Waals surface area (Å²) in [5.41, 5.74) is 0.337. The molecule has 0 unspecified atom stereocenters. The molecule has 0 radical (unpaired) electrons. The van der Waals surface area contributed by atoms with Gasteiger partial charge in [0.2, 0.25) is 0 Å². The van der Waals surface area contributed by atoms with E-state index < -0.39 is 4.70 Å². The molecule has 1 aromatic carbocycles. The van der Waals surface area contributed by atoms with Crippen LogP contribution in [-0.4, -0.2) is 4.70 Å². The number of hydrogen-bond donors (Lipinski definition) is 0. The molecule has 0 atom stereocenters. The Hall–Kier alpha value is -1.32. The van der Waals surface area contributed by atoms with Crippen molar-refractivity contribution in [2.45, 2.75) is 0 Å². The first kappa shape index (κ1) is 11.8. The molecule has 1 heterocycles. The molecule has 0 aliphatic heterocycles. The zero-order chi connectivity index (χ0) is 11.3. The summed E-state index contributed by atoms with van der Waals surface area (Å²) in [5, 5.41) is 0.951. The second kappa shape index (κ2) is 5.53. The third kappa shape index (κ3) is 4.14. The molecule has 0 spiro atoms. The molecule has 78 valence electrons. The van der Waals surface area contributed by atoms with Crippen LogP contribution in [0.1, 0.15) is 0 Å². The number of para-hydroxylation sites is 1. The van der Waals surface area contributed by atoms with Crippen LogP contribution in [0.2, 0.25) is 0 Å². The maximum absolute atomic E-state index is 10.7. The summed E-state index contributed by atoms with van der Waals surface area (Å²) in [6.07, 6.45) is 0. The summed E-state index contributed by atoms with van der Waals surface area (Å²) in [7, 11) is 0. The lowest BCUT2D eigenvalue weighted by atomic mass is 10.2. The highest BCUT2D eigenvalue weighted by Crippen LogP contribution is 2.08. The highest BCUT2D eigenvalue weighted by molar-refractivity contribution is 6.93. The molecule has 1 aromatic heterocycles. The second-order valence-electron chi connectivity index (χ2n) is 2.52. The summed E-state index contributed by atoms with van der Waals surface area (Å²) in [4.78, 5) is 19.7. The van der Waals surface area contributed by atoms with E-state index in [1.807, 2.05) is 18.2 Å². The number of hydrogen-bond acceptors (Lipinski definition) is 3. The van der Waals surface area contributed by atoms with Crippen molar-refractivity contribution >= 4 is 38.9 Å². The Kier molecular flexibility index (Phi) is 4.34. The van der Waals surface area contributed by atoms with Crippen LogP contribution in [0, 0.1) is 0 Å². The Morgan fingerprint density at radius 2 is 1.67 bits per heavy atom. The first-order chi connectivity index (χ1) is 7.09. The topological polar surface area (TPSA) is 47.3 Å². The van der Waals surface area contributed by atoms with E-state index in [0.717, 1.165) is 5.39 Å². The van der Waals surface area contributed by atoms with Gasteiger partial charge in [-0.1, -0.05) is 18.2 Å². The van der Waals surface area contributed by atoms with Crippen molar-refractivity contribution in [3.05, 3.63) is 46.8 Å². The number of carbonyl (C=O) groups is 1. The van der Waals surface area contributed by atoms with Crippen LogP contribution in [-0.2, 0) is 0 Å². The summed E-state index contributed by atoms with van der Waals surface area (Å²) < 4.78 is 4.02. The second-order valence-corrected chi connectivity index (χ2v) is 3.40. The van der Waals surface area contributed by atoms with Gasteiger partial charge in [-0.25, -0.2) is 4.79 Å². The molecule has 0 saturated carbocycles. The minimum Gasteiger partial charge on any atom is -0.423 e. The maximum atomic E-state index is 10.7. The van der Waals surface area contributed by atoms with Gasteiger partial charge in [0.15, 0.2) is 0 Å². The number of carbonyl (C=O) groups excluding carboxylic acids is 1. The maximum Gasteiger partial charge on any atom is 0.336 e. The third-order valence-corrected chi connectivity index (χ3v) is 1.53. The zero-order valence-corrected chi connectivity index (χ0v) is 8.96. The normalized spacial score (nSPS) is 9.20. The lowest BCUT2D eigenvalue weighted by Gasteiger charge is -1.91. The van der Waals surface area contributed by atoms with Crippen molar-refractivity contribution < 1.29 is 9.21 Å². The molecule has 2 aromatic rings. The minimum atomic E-state index is -0.889. The van der Waals surface area contributed by atoms with Crippen LogP contribution in [0.5, 0.6) is 0 Å². The Morgan fingerprint density at radius 3 is 2.33 bits per heavy atom. The molecule has 0 saturated heterocycles. The van der Waals surface area contributed by atoms with E-state index in [0.29, 0.717) is 5.58 Å². The molecular formula is C10H6Cl2O3. The van der Waals surface area contributed by atoms with E-state index in [4.69, 9.17) is 9.21 Å².